The first-order valence-corrected chi connectivity index (χ1v) is 10.9. The van der Waals surface area contributed by atoms with Crippen LogP contribution in [0.3, 0.4) is 0 Å². The number of carbonyl (C=O) groups excluding carboxylic acids is 1. The molecule has 0 aliphatic carbocycles. The highest BCUT2D eigenvalue weighted by molar-refractivity contribution is 6.34. The molecule has 33 heavy (non-hydrogen) atoms. The van der Waals surface area contributed by atoms with Crippen molar-refractivity contribution in [2.75, 3.05) is 11.9 Å². The molecule has 3 aromatic rings. The lowest BCUT2D eigenvalue weighted by Gasteiger charge is -2.33. The Morgan fingerprint density at radius 3 is 2.79 bits per heavy atom. The molecule has 4 rings (SSSR count). The molecule has 1 aliphatic heterocycles. The highest BCUT2D eigenvalue weighted by Gasteiger charge is 2.31. The first-order chi connectivity index (χ1) is 15.7. The van der Waals surface area contributed by atoms with Crippen molar-refractivity contribution in [3.63, 3.8) is 0 Å². The van der Waals surface area contributed by atoms with Crippen LogP contribution in [0.15, 0.2) is 47.0 Å². The minimum Gasteiger partial charge on any atom is -0.376 e. The standard InChI is InChI=1S/C23H22ClF3N4O2/c1-14-5-2-3-10-31(14)22(32)18-9-8-17(12-19(18)24)28-13-20-29-21(30-33-20)15-6-4-7-16(11-15)23(25,26)27/h4,6-9,11-12,14,28H,2-3,5,10,13H2,1H3. The molecule has 2 heterocycles. The Balaban J connectivity index is 1.42. The molecule has 174 valence electrons. The molecule has 6 nitrogen and oxygen atoms in total. The van der Waals surface area contributed by atoms with Gasteiger partial charge in [-0.15, -0.1) is 0 Å². The Hall–Kier alpha value is -3.07. The fraction of sp³-hybridized carbons (Fsp3) is 0.348. The smallest absolute Gasteiger partial charge is 0.376 e. The number of hydrogen-bond acceptors (Lipinski definition) is 5. The molecule has 1 aliphatic rings. The number of alkyl halides is 3. The zero-order valence-corrected chi connectivity index (χ0v) is 18.6. The third-order valence-corrected chi connectivity index (χ3v) is 5.94. The molecular formula is C23H22ClF3N4O2. The van der Waals surface area contributed by atoms with Crippen LogP contribution in [-0.2, 0) is 12.7 Å². The minimum atomic E-state index is -4.46. The third kappa shape index (κ3) is 5.30. The van der Waals surface area contributed by atoms with Crippen LogP contribution in [0.25, 0.3) is 11.4 Å². The maximum atomic E-state index is 12.9. The van der Waals surface area contributed by atoms with Crippen LogP contribution >= 0.6 is 11.6 Å². The molecule has 1 aromatic heterocycles. The molecule has 0 spiro atoms. The van der Waals surface area contributed by atoms with Gasteiger partial charge in [0.05, 0.1) is 22.7 Å². The van der Waals surface area contributed by atoms with Crippen molar-refractivity contribution >= 4 is 23.2 Å². The quantitative estimate of drug-likeness (QED) is 0.484. The fourth-order valence-corrected chi connectivity index (χ4v) is 4.07. The summed E-state index contributed by atoms with van der Waals surface area (Å²) in [6, 6.07) is 9.97. The third-order valence-electron chi connectivity index (χ3n) is 5.62. The molecule has 0 saturated carbocycles. The number of likely N-dealkylation sites (tertiary alicyclic amines) is 1. The average Bonchev–Trinajstić information content (AvgIpc) is 3.26. The minimum absolute atomic E-state index is 0.0625. The van der Waals surface area contributed by atoms with Gasteiger partial charge in [0.2, 0.25) is 11.7 Å². The number of aromatic nitrogens is 2. The topological polar surface area (TPSA) is 71.3 Å². The lowest BCUT2D eigenvalue weighted by Crippen LogP contribution is -2.42. The van der Waals surface area contributed by atoms with Crippen LogP contribution in [0.1, 0.15) is 48.0 Å². The van der Waals surface area contributed by atoms with E-state index >= 15 is 0 Å². The average molecular weight is 479 g/mol. The van der Waals surface area contributed by atoms with Gasteiger partial charge in [0.15, 0.2) is 0 Å². The fourth-order valence-electron chi connectivity index (χ4n) is 3.81. The number of hydrogen-bond donors (Lipinski definition) is 1. The summed E-state index contributed by atoms with van der Waals surface area (Å²) in [5.41, 5.74) is 0.507. The SMILES string of the molecule is CC1CCCCN1C(=O)c1ccc(NCc2nc(-c3cccc(C(F)(F)F)c3)no2)cc1Cl. The van der Waals surface area contributed by atoms with Crippen LogP contribution in [0, 0.1) is 0 Å². The van der Waals surface area contributed by atoms with Crippen molar-refractivity contribution in [1.29, 1.82) is 0 Å². The second-order valence-electron chi connectivity index (χ2n) is 7.98. The Morgan fingerprint density at radius 1 is 1.24 bits per heavy atom. The normalized spacial score (nSPS) is 16.6. The van der Waals surface area contributed by atoms with Gasteiger partial charge in [-0.25, -0.2) is 0 Å². The van der Waals surface area contributed by atoms with E-state index in [1.54, 1.807) is 18.2 Å². The number of piperidine rings is 1. The molecule has 1 amide bonds. The molecule has 10 heteroatoms. The van der Waals surface area contributed by atoms with Gasteiger partial charge in [0, 0.05) is 23.8 Å². The van der Waals surface area contributed by atoms with Gasteiger partial charge in [-0.2, -0.15) is 18.2 Å². The van der Waals surface area contributed by atoms with Gasteiger partial charge in [-0.3, -0.25) is 4.79 Å². The zero-order valence-electron chi connectivity index (χ0n) is 17.8. The van der Waals surface area contributed by atoms with E-state index in [-0.39, 0.29) is 35.8 Å². The molecular weight excluding hydrogens is 457 g/mol. The molecule has 1 unspecified atom stereocenters. The summed E-state index contributed by atoms with van der Waals surface area (Å²) < 4.78 is 43.9. The molecule has 1 atom stereocenters. The Morgan fingerprint density at radius 2 is 2.06 bits per heavy atom. The molecule has 2 aromatic carbocycles. The highest BCUT2D eigenvalue weighted by atomic mass is 35.5. The summed E-state index contributed by atoms with van der Waals surface area (Å²) in [7, 11) is 0. The van der Waals surface area contributed by atoms with Gasteiger partial charge in [0.25, 0.3) is 5.91 Å². The van der Waals surface area contributed by atoms with E-state index in [1.807, 2.05) is 11.8 Å². The number of halogens is 4. The largest absolute Gasteiger partial charge is 0.416 e. The number of benzene rings is 2. The highest BCUT2D eigenvalue weighted by Crippen LogP contribution is 2.31. The summed E-state index contributed by atoms with van der Waals surface area (Å²) in [5, 5.41) is 7.17. The van der Waals surface area contributed by atoms with Crippen LogP contribution in [0.4, 0.5) is 18.9 Å². The van der Waals surface area contributed by atoms with Crippen LogP contribution < -0.4 is 5.32 Å². The number of nitrogens with one attached hydrogen (secondary N) is 1. The van der Waals surface area contributed by atoms with Crippen molar-refractivity contribution in [2.45, 2.75) is 44.9 Å². The maximum Gasteiger partial charge on any atom is 0.416 e. The van der Waals surface area contributed by atoms with Crippen LogP contribution in [-0.4, -0.2) is 33.5 Å². The number of carbonyl (C=O) groups is 1. The number of nitrogens with zero attached hydrogens (tertiary/aromatic N) is 3. The van der Waals surface area contributed by atoms with Gasteiger partial charge in [0.1, 0.15) is 0 Å². The summed E-state index contributed by atoms with van der Waals surface area (Å²) >= 11 is 6.38. The van der Waals surface area contributed by atoms with E-state index in [4.69, 9.17) is 16.1 Å². The van der Waals surface area contributed by atoms with Crippen LogP contribution in [0.2, 0.25) is 5.02 Å². The van der Waals surface area contributed by atoms with Crippen molar-refractivity contribution in [1.82, 2.24) is 15.0 Å². The van der Waals surface area contributed by atoms with E-state index in [0.29, 0.717) is 16.3 Å². The number of anilines is 1. The Bertz CT molecular complexity index is 1150. The zero-order chi connectivity index (χ0) is 23.6. The second-order valence-corrected chi connectivity index (χ2v) is 8.39. The van der Waals surface area contributed by atoms with E-state index in [9.17, 15) is 18.0 Å². The van der Waals surface area contributed by atoms with Gasteiger partial charge >= 0.3 is 6.18 Å². The predicted molar refractivity (Wildman–Crippen MR) is 118 cm³/mol. The number of rotatable bonds is 5. The summed E-state index contributed by atoms with van der Waals surface area (Å²) in [4.78, 5) is 18.9. The number of amides is 1. The molecule has 1 saturated heterocycles. The van der Waals surface area contributed by atoms with E-state index in [0.717, 1.165) is 37.9 Å². The van der Waals surface area contributed by atoms with Gasteiger partial charge in [-0.1, -0.05) is 28.9 Å². The van der Waals surface area contributed by atoms with Crippen molar-refractivity contribution in [3.8, 4) is 11.4 Å². The van der Waals surface area contributed by atoms with Gasteiger partial charge in [-0.05, 0) is 56.5 Å². The summed E-state index contributed by atoms with van der Waals surface area (Å²) in [6.45, 7) is 2.90. The monoisotopic (exact) mass is 478 g/mol. The Kier molecular flexibility index (Phi) is 6.60. The first kappa shape index (κ1) is 23.1. The van der Waals surface area contributed by atoms with Crippen molar-refractivity contribution in [3.05, 3.63) is 64.5 Å². The van der Waals surface area contributed by atoms with Crippen molar-refractivity contribution < 1.29 is 22.5 Å². The second kappa shape index (κ2) is 9.43. The molecule has 0 bridgehead atoms. The maximum absolute atomic E-state index is 12.9. The molecule has 1 N–H and O–H groups in total. The lowest BCUT2D eigenvalue weighted by molar-refractivity contribution is -0.137. The Labute approximate surface area is 193 Å². The van der Waals surface area contributed by atoms with Crippen molar-refractivity contribution in [2.24, 2.45) is 0 Å². The van der Waals surface area contributed by atoms with Crippen LogP contribution in [0.5, 0.6) is 0 Å². The predicted octanol–water partition coefficient (Wildman–Crippen LogP) is 6.04. The lowest BCUT2D eigenvalue weighted by atomic mass is 10.0. The molecule has 1 fully saturated rings. The van der Waals surface area contributed by atoms with E-state index < -0.39 is 11.7 Å². The van der Waals surface area contributed by atoms with E-state index in [2.05, 4.69) is 15.5 Å². The first-order valence-electron chi connectivity index (χ1n) is 10.6. The molecule has 0 radical (unpaired) electrons. The summed E-state index contributed by atoms with van der Waals surface area (Å²) in [5.74, 6) is 0.176. The summed E-state index contributed by atoms with van der Waals surface area (Å²) in [6.07, 6.45) is -1.37. The van der Waals surface area contributed by atoms with E-state index in [1.165, 1.54) is 12.1 Å². The van der Waals surface area contributed by atoms with Gasteiger partial charge < -0.3 is 14.7 Å².